The summed E-state index contributed by atoms with van der Waals surface area (Å²) in [4.78, 5) is 0. The first-order chi connectivity index (χ1) is 6.75. The quantitative estimate of drug-likeness (QED) is 0.646. The summed E-state index contributed by atoms with van der Waals surface area (Å²) in [5.41, 5.74) is 2.41. The average molecular weight is 221 g/mol. The van der Waals surface area contributed by atoms with Crippen molar-refractivity contribution in [1.29, 1.82) is 0 Å². The molecule has 2 heteroatoms. The fourth-order valence-electron chi connectivity index (χ4n) is 1.32. The Bertz CT molecular complexity index is 374. The smallest absolute Gasteiger partial charge is 0.0406 e. The maximum absolute atomic E-state index is 5.82. The van der Waals surface area contributed by atoms with Crippen LogP contribution < -0.4 is 5.30 Å². The van der Waals surface area contributed by atoms with Gasteiger partial charge in [0.1, 0.15) is 0 Å². The second-order valence-electron chi connectivity index (χ2n) is 3.13. The highest BCUT2D eigenvalue weighted by atomic mass is 35.5. The highest BCUT2D eigenvalue weighted by Crippen LogP contribution is 2.20. The third-order valence-electron chi connectivity index (χ3n) is 2.09. The van der Waals surface area contributed by atoms with Crippen LogP contribution in [0.2, 0.25) is 5.02 Å². The fraction of sp³-hybridized carbons (Fsp3) is 0. The molecule has 0 bridgehead atoms. The summed E-state index contributed by atoms with van der Waals surface area (Å²) in [6, 6.07) is 16.2. The van der Waals surface area contributed by atoms with Gasteiger partial charge >= 0.3 is 0 Å². The molecule has 0 radical (unpaired) electrons. The zero-order chi connectivity index (χ0) is 9.97. The Morgan fingerprint density at radius 1 is 0.714 bits per heavy atom. The first kappa shape index (κ1) is 9.71. The van der Waals surface area contributed by atoms with E-state index in [1.54, 1.807) is 0 Å². The molecule has 0 saturated carbocycles. The molecule has 0 amide bonds. The third-order valence-corrected chi connectivity index (χ3v) is 2.73. The molecule has 0 aliphatic rings. The minimum absolute atomic E-state index is 0.774. The van der Waals surface area contributed by atoms with E-state index in [4.69, 9.17) is 11.6 Å². The van der Waals surface area contributed by atoms with Gasteiger partial charge in [0.15, 0.2) is 0 Å². The lowest BCUT2D eigenvalue weighted by Crippen LogP contribution is -1.87. The Balaban J connectivity index is 2.40. The first-order valence-corrected chi connectivity index (χ1v) is 5.33. The van der Waals surface area contributed by atoms with Crippen molar-refractivity contribution in [3.05, 3.63) is 53.6 Å². The molecule has 0 heterocycles. The SMILES string of the molecule is Pc1ccc(-c2ccc(Cl)cc2)cc1. The van der Waals surface area contributed by atoms with Crippen molar-refractivity contribution in [2.75, 3.05) is 0 Å². The van der Waals surface area contributed by atoms with Crippen LogP contribution >= 0.6 is 20.8 Å². The van der Waals surface area contributed by atoms with E-state index in [1.807, 2.05) is 24.3 Å². The van der Waals surface area contributed by atoms with Crippen molar-refractivity contribution in [3.63, 3.8) is 0 Å². The average Bonchev–Trinajstić information content (AvgIpc) is 2.21. The van der Waals surface area contributed by atoms with Gasteiger partial charge in [-0.25, -0.2) is 0 Å². The van der Waals surface area contributed by atoms with Crippen LogP contribution in [-0.2, 0) is 0 Å². The van der Waals surface area contributed by atoms with Crippen LogP contribution in [0.15, 0.2) is 48.5 Å². The van der Waals surface area contributed by atoms with Gasteiger partial charge in [0, 0.05) is 5.02 Å². The van der Waals surface area contributed by atoms with E-state index in [0.29, 0.717) is 0 Å². The summed E-state index contributed by atoms with van der Waals surface area (Å²) in [5, 5.41) is 1.97. The normalized spacial score (nSPS) is 10.1. The Labute approximate surface area is 91.1 Å². The summed E-state index contributed by atoms with van der Waals surface area (Å²) in [5.74, 6) is 0. The van der Waals surface area contributed by atoms with Gasteiger partial charge in [-0.1, -0.05) is 48.0 Å². The number of hydrogen-bond acceptors (Lipinski definition) is 0. The Hall–Kier alpha value is -0.840. The molecule has 2 aromatic rings. The molecule has 0 aromatic heterocycles. The van der Waals surface area contributed by atoms with Crippen LogP contribution in [0.25, 0.3) is 11.1 Å². The van der Waals surface area contributed by atoms with Crippen LogP contribution in [0.1, 0.15) is 0 Å². The van der Waals surface area contributed by atoms with Gasteiger partial charge in [-0.3, -0.25) is 0 Å². The lowest BCUT2D eigenvalue weighted by Gasteiger charge is -2.01. The number of hydrogen-bond donors (Lipinski definition) is 0. The molecular weight excluding hydrogens is 211 g/mol. The Morgan fingerprint density at radius 2 is 1.14 bits per heavy atom. The highest BCUT2D eigenvalue weighted by molar-refractivity contribution is 7.27. The molecule has 2 rings (SSSR count). The van der Waals surface area contributed by atoms with Gasteiger partial charge in [-0.15, -0.1) is 9.24 Å². The standard InChI is InChI=1S/C12H10ClP/c13-11-5-1-9(2-6-11)10-3-7-12(14)8-4-10/h1-8H,14H2. The lowest BCUT2D eigenvalue weighted by atomic mass is 10.1. The monoisotopic (exact) mass is 220 g/mol. The fourth-order valence-corrected chi connectivity index (χ4v) is 1.64. The van der Waals surface area contributed by atoms with Crippen LogP contribution in [0, 0.1) is 0 Å². The maximum Gasteiger partial charge on any atom is 0.0406 e. The molecule has 0 spiro atoms. The molecule has 0 saturated heterocycles. The predicted octanol–water partition coefficient (Wildman–Crippen LogP) is 3.51. The van der Waals surface area contributed by atoms with Crippen molar-refractivity contribution in [3.8, 4) is 11.1 Å². The summed E-state index contributed by atoms with van der Waals surface area (Å²) >= 11 is 5.82. The molecule has 70 valence electrons. The largest absolute Gasteiger partial charge is 0.106 e. The number of rotatable bonds is 1. The number of halogens is 1. The Morgan fingerprint density at radius 3 is 1.64 bits per heavy atom. The van der Waals surface area contributed by atoms with E-state index in [2.05, 4.69) is 33.5 Å². The summed E-state index contributed by atoms with van der Waals surface area (Å²) in [6.07, 6.45) is 0. The summed E-state index contributed by atoms with van der Waals surface area (Å²) in [6.45, 7) is 0. The van der Waals surface area contributed by atoms with E-state index in [-0.39, 0.29) is 0 Å². The van der Waals surface area contributed by atoms with E-state index >= 15 is 0 Å². The molecule has 0 N–H and O–H groups in total. The van der Waals surface area contributed by atoms with Gasteiger partial charge in [-0.2, -0.15) is 0 Å². The topological polar surface area (TPSA) is 0 Å². The highest BCUT2D eigenvalue weighted by Gasteiger charge is 1.96. The van der Waals surface area contributed by atoms with Gasteiger partial charge in [-0.05, 0) is 28.6 Å². The Kier molecular flexibility index (Phi) is 2.86. The molecule has 0 aliphatic carbocycles. The van der Waals surface area contributed by atoms with Crippen molar-refractivity contribution in [2.45, 2.75) is 0 Å². The van der Waals surface area contributed by atoms with Gasteiger partial charge < -0.3 is 0 Å². The summed E-state index contributed by atoms with van der Waals surface area (Å²) < 4.78 is 0. The van der Waals surface area contributed by atoms with E-state index in [0.717, 1.165) is 5.02 Å². The van der Waals surface area contributed by atoms with Crippen molar-refractivity contribution < 1.29 is 0 Å². The first-order valence-electron chi connectivity index (χ1n) is 4.37. The van der Waals surface area contributed by atoms with E-state index < -0.39 is 0 Å². The molecule has 2 aromatic carbocycles. The number of benzene rings is 2. The van der Waals surface area contributed by atoms with Gasteiger partial charge in [0.05, 0.1) is 0 Å². The van der Waals surface area contributed by atoms with Gasteiger partial charge in [0.25, 0.3) is 0 Å². The van der Waals surface area contributed by atoms with Crippen LogP contribution in [0.3, 0.4) is 0 Å². The zero-order valence-corrected chi connectivity index (χ0v) is 9.48. The van der Waals surface area contributed by atoms with Crippen LogP contribution in [-0.4, -0.2) is 0 Å². The minimum atomic E-state index is 0.774. The second kappa shape index (κ2) is 4.13. The van der Waals surface area contributed by atoms with Crippen LogP contribution in [0.4, 0.5) is 0 Å². The third kappa shape index (κ3) is 2.15. The van der Waals surface area contributed by atoms with E-state index in [1.165, 1.54) is 16.4 Å². The van der Waals surface area contributed by atoms with Gasteiger partial charge in [0.2, 0.25) is 0 Å². The maximum atomic E-state index is 5.82. The molecule has 0 nitrogen and oxygen atoms in total. The molecule has 0 fully saturated rings. The van der Waals surface area contributed by atoms with Crippen molar-refractivity contribution in [1.82, 2.24) is 0 Å². The molecule has 1 atom stereocenters. The molecular formula is C12H10ClP. The molecule has 1 unspecified atom stereocenters. The zero-order valence-electron chi connectivity index (χ0n) is 7.57. The summed E-state index contributed by atoms with van der Waals surface area (Å²) in [7, 11) is 2.68. The minimum Gasteiger partial charge on any atom is -0.106 e. The van der Waals surface area contributed by atoms with Crippen molar-refractivity contribution in [2.24, 2.45) is 0 Å². The van der Waals surface area contributed by atoms with Crippen molar-refractivity contribution >= 4 is 26.1 Å². The van der Waals surface area contributed by atoms with E-state index in [9.17, 15) is 0 Å². The molecule has 0 aliphatic heterocycles. The molecule has 14 heavy (non-hydrogen) atoms. The second-order valence-corrected chi connectivity index (χ2v) is 4.23. The lowest BCUT2D eigenvalue weighted by molar-refractivity contribution is 1.64. The predicted molar refractivity (Wildman–Crippen MR) is 66.2 cm³/mol. The van der Waals surface area contributed by atoms with Crippen LogP contribution in [0.5, 0.6) is 0 Å².